The molecule has 4 heteroatoms. The number of nitrogens with zero attached hydrogens (tertiary/aromatic N) is 1. The Morgan fingerprint density at radius 3 is 2.37 bits per heavy atom. The number of hydrogen-bond donors (Lipinski definition) is 3. The second-order valence-electron chi connectivity index (χ2n) is 5.39. The van der Waals surface area contributed by atoms with Crippen LogP contribution >= 0.6 is 0 Å². The maximum atomic E-state index is 10.2. The van der Waals surface area contributed by atoms with Crippen LogP contribution in [0.1, 0.15) is 30.1 Å². The second kappa shape index (κ2) is 7.01. The number of β-amino-alcohol motifs (C(OH)–C–C–N with tert-alkyl or cyclic N) is 1. The van der Waals surface area contributed by atoms with E-state index >= 15 is 0 Å². The molecule has 0 amide bonds. The van der Waals surface area contributed by atoms with Crippen LogP contribution in [0.3, 0.4) is 0 Å². The van der Waals surface area contributed by atoms with Crippen molar-refractivity contribution in [3.63, 3.8) is 0 Å². The summed E-state index contributed by atoms with van der Waals surface area (Å²) >= 11 is 0. The Morgan fingerprint density at radius 2 is 1.84 bits per heavy atom. The lowest BCUT2D eigenvalue weighted by Gasteiger charge is -2.32. The molecule has 1 atom stereocenters. The molecule has 0 aromatic heterocycles. The predicted octanol–water partition coefficient (Wildman–Crippen LogP) is 0.883. The summed E-state index contributed by atoms with van der Waals surface area (Å²) in [6.07, 6.45) is 1.60. The molecular weight excluding hydrogens is 240 g/mol. The average molecular weight is 264 g/mol. The molecule has 2 rings (SSSR count). The van der Waals surface area contributed by atoms with Gasteiger partial charge in [-0.25, -0.2) is 0 Å². The van der Waals surface area contributed by atoms with E-state index in [1.165, 1.54) is 0 Å². The van der Waals surface area contributed by atoms with Crippen LogP contribution in [-0.4, -0.2) is 41.4 Å². The fourth-order valence-electron chi connectivity index (χ4n) is 2.58. The Hall–Kier alpha value is -0.940. The summed E-state index contributed by atoms with van der Waals surface area (Å²) in [4.78, 5) is 2.27. The van der Waals surface area contributed by atoms with E-state index < -0.39 is 6.10 Å². The topological polar surface area (TPSA) is 69.7 Å². The number of hydrogen-bond acceptors (Lipinski definition) is 4. The number of aliphatic hydroxyl groups excluding tert-OH is 2. The molecule has 0 saturated carbocycles. The van der Waals surface area contributed by atoms with Crippen molar-refractivity contribution in [2.75, 3.05) is 26.2 Å². The van der Waals surface area contributed by atoms with Gasteiger partial charge in [-0.3, -0.25) is 0 Å². The Balaban J connectivity index is 1.85. The van der Waals surface area contributed by atoms with Crippen molar-refractivity contribution in [3.05, 3.63) is 35.4 Å². The van der Waals surface area contributed by atoms with Crippen molar-refractivity contribution in [1.82, 2.24) is 4.90 Å². The molecule has 1 aliphatic rings. The largest absolute Gasteiger partial charge is 0.396 e. The zero-order chi connectivity index (χ0) is 13.7. The Kier molecular flexibility index (Phi) is 5.34. The van der Waals surface area contributed by atoms with E-state index in [-0.39, 0.29) is 6.61 Å². The number of rotatable bonds is 5. The molecular formula is C15H24N2O2. The number of nitrogens with two attached hydrogens (primary N) is 1. The minimum atomic E-state index is -0.447. The molecule has 106 valence electrons. The van der Waals surface area contributed by atoms with E-state index in [0.29, 0.717) is 19.0 Å². The van der Waals surface area contributed by atoms with Crippen LogP contribution in [0.15, 0.2) is 24.3 Å². The third-order valence-corrected chi connectivity index (χ3v) is 4.00. The van der Waals surface area contributed by atoms with Crippen LogP contribution in [-0.2, 0) is 6.54 Å². The SMILES string of the molecule is NCc1ccc(C(O)CN2CCC(CO)CC2)cc1. The van der Waals surface area contributed by atoms with Crippen molar-refractivity contribution in [3.8, 4) is 0 Å². The van der Waals surface area contributed by atoms with Gasteiger partial charge < -0.3 is 20.8 Å². The second-order valence-corrected chi connectivity index (χ2v) is 5.39. The Bertz CT molecular complexity index is 372. The smallest absolute Gasteiger partial charge is 0.0916 e. The third kappa shape index (κ3) is 4.01. The lowest BCUT2D eigenvalue weighted by atomic mass is 9.97. The predicted molar refractivity (Wildman–Crippen MR) is 75.5 cm³/mol. The molecule has 0 bridgehead atoms. The van der Waals surface area contributed by atoms with Crippen molar-refractivity contribution >= 4 is 0 Å². The molecule has 1 aliphatic heterocycles. The summed E-state index contributed by atoms with van der Waals surface area (Å²) in [6.45, 7) is 3.41. The van der Waals surface area contributed by atoms with Gasteiger partial charge in [-0.1, -0.05) is 24.3 Å². The van der Waals surface area contributed by atoms with Gasteiger partial charge in [-0.15, -0.1) is 0 Å². The maximum Gasteiger partial charge on any atom is 0.0916 e. The van der Waals surface area contributed by atoms with Crippen molar-refractivity contribution in [2.45, 2.75) is 25.5 Å². The first-order chi connectivity index (χ1) is 9.22. The first kappa shape index (κ1) is 14.5. The van der Waals surface area contributed by atoms with Gasteiger partial charge in [0.25, 0.3) is 0 Å². The molecule has 0 spiro atoms. The monoisotopic (exact) mass is 264 g/mol. The first-order valence-corrected chi connectivity index (χ1v) is 7.03. The van der Waals surface area contributed by atoms with E-state index in [2.05, 4.69) is 4.90 Å². The van der Waals surface area contributed by atoms with Gasteiger partial charge in [-0.2, -0.15) is 0 Å². The highest BCUT2D eigenvalue weighted by atomic mass is 16.3. The molecule has 1 fully saturated rings. The van der Waals surface area contributed by atoms with E-state index in [4.69, 9.17) is 10.8 Å². The minimum Gasteiger partial charge on any atom is -0.396 e. The Labute approximate surface area is 114 Å². The minimum absolute atomic E-state index is 0.289. The fraction of sp³-hybridized carbons (Fsp3) is 0.600. The van der Waals surface area contributed by atoms with Crippen LogP contribution in [0.4, 0.5) is 0 Å². The normalized spacial score (nSPS) is 19.5. The van der Waals surface area contributed by atoms with Gasteiger partial charge >= 0.3 is 0 Å². The first-order valence-electron chi connectivity index (χ1n) is 7.03. The maximum absolute atomic E-state index is 10.2. The molecule has 19 heavy (non-hydrogen) atoms. The average Bonchev–Trinajstić information content (AvgIpc) is 2.48. The summed E-state index contributed by atoms with van der Waals surface area (Å²) in [5.74, 6) is 0.442. The van der Waals surface area contributed by atoms with Crippen molar-refractivity contribution in [2.24, 2.45) is 11.7 Å². The molecule has 1 unspecified atom stereocenters. The highest BCUT2D eigenvalue weighted by Crippen LogP contribution is 2.20. The van der Waals surface area contributed by atoms with E-state index in [1.54, 1.807) is 0 Å². The molecule has 0 aliphatic carbocycles. The number of benzene rings is 1. The number of likely N-dealkylation sites (tertiary alicyclic amines) is 1. The Morgan fingerprint density at radius 1 is 1.21 bits per heavy atom. The highest BCUT2D eigenvalue weighted by Gasteiger charge is 2.20. The fourth-order valence-corrected chi connectivity index (χ4v) is 2.58. The molecule has 1 aromatic rings. The summed E-state index contributed by atoms with van der Waals surface area (Å²) in [6, 6.07) is 7.84. The molecule has 0 radical (unpaired) electrons. The van der Waals surface area contributed by atoms with Gasteiger partial charge in [0.1, 0.15) is 0 Å². The van der Waals surface area contributed by atoms with Gasteiger partial charge in [0.05, 0.1) is 6.10 Å². The van der Waals surface area contributed by atoms with Gasteiger partial charge in [0.15, 0.2) is 0 Å². The lowest BCUT2D eigenvalue weighted by Crippen LogP contribution is -2.37. The quantitative estimate of drug-likeness (QED) is 0.738. The van der Waals surface area contributed by atoms with Crippen LogP contribution in [0.25, 0.3) is 0 Å². The summed E-state index contributed by atoms with van der Waals surface area (Å²) in [5.41, 5.74) is 7.59. The van der Waals surface area contributed by atoms with Crippen molar-refractivity contribution < 1.29 is 10.2 Å². The van der Waals surface area contributed by atoms with Gasteiger partial charge in [0, 0.05) is 19.7 Å². The molecule has 4 N–H and O–H groups in total. The van der Waals surface area contributed by atoms with Crippen LogP contribution in [0, 0.1) is 5.92 Å². The zero-order valence-electron chi connectivity index (χ0n) is 11.3. The van der Waals surface area contributed by atoms with E-state index in [0.717, 1.165) is 37.1 Å². The van der Waals surface area contributed by atoms with Gasteiger partial charge in [-0.05, 0) is 43.0 Å². The highest BCUT2D eigenvalue weighted by molar-refractivity contribution is 5.24. The third-order valence-electron chi connectivity index (χ3n) is 4.00. The number of piperidine rings is 1. The van der Waals surface area contributed by atoms with E-state index in [9.17, 15) is 5.11 Å². The number of aliphatic hydroxyl groups is 2. The molecule has 1 saturated heterocycles. The van der Waals surface area contributed by atoms with Crippen LogP contribution in [0.5, 0.6) is 0 Å². The summed E-state index contributed by atoms with van der Waals surface area (Å²) < 4.78 is 0. The standard InChI is InChI=1S/C15H24N2O2/c16-9-12-1-3-14(4-2-12)15(19)10-17-7-5-13(11-18)6-8-17/h1-4,13,15,18-19H,5-11,16H2. The lowest BCUT2D eigenvalue weighted by molar-refractivity contribution is 0.0763. The van der Waals surface area contributed by atoms with Gasteiger partial charge in [0.2, 0.25) is 0 Å². The van der Waals surface area contributed by atoms with E-state index in [1.807, 2.05) is 24.3 Å². The molecule has 1 aromatic carbocycles. The molecule has 4 nitrogen and oxygen atoms in total. The van der Waals surface area contributed by atoms with Crippen molar-refractivity contribution in [1.29, 1.82) is 0 Å². The van der Waals surface area contributed by atoms with Crippen LogP contribution < -0.4 is 5.73 Å². The molecule has 1 heterocycles. The zero-order valence-corrected chi connectivity index (χ0v) is 11.3. The van der Waals surface area contributed by atoms with Crippen LogP contribution in [0.2, 0.25) is 0 Å². The summed E-state index contributed by atoms with van der Waals surface area (Å²) in [7, 11) is 0. The summed E-state index contributed by atoms with van der Waals surface area (Å²) in [5, 5.41) is 19.3.